The molecule has 170 valence electrons. The topological polar surface area (TPSA) is 66.9 Å². The van der Waals surface area contributed by atoms with E-state index in [1.54, 1.807) is 32.7 Å². The van der Waals surface area contributed by atoms with E-state index >= 15 is 0 Å². The van der Waals surface area contributed by atoms with E-state index in [1.165, 1.54) is 0 Å². The number of amides is 1. The molecule has 33 heavy (non-hydrogen) atoms. The highest BCUT2D eigenvalue weighted by Crippen LogP contribution is 2.50. The minimum Gasteiger partial charge on any atom is -0.497 e. The number of rotatable bonds is 5. The number of fused-ring (bicyclic) bond motifs is 1. The number of carbonyl (C=O) groups excluding carboxylic acids is 1. The van der Waals surface area contributed by atoms with Crippen LogP contribution in [0.15, 0.2) is 60.9 Å². The van der Waals surface area contributed by atoms with Gasteiger partial charge in [-0.05, 0) is 42.5 Å². The maximum atomic E-state index is 13.8. The Hall–Kier alpha value is -3.29. The molecule has 2 aromatic carbocycles. The number of ether oxygens (including phenoxy) is 2. The van der Waals surface area contributed by atoms with Gasteiger partial charge in [-0.2, -0.15) is 0 Å². The van der Waals surface area contributed by atoms with Gasteiger partial charge in [0.1, 0.15) is 11.5 Å². The SMILES string of the molecule is COc1ccc(C2(N3CCN(c4ccncc4)CC3)C(=O)Nc3ccc(Cl)cc32)c(OC)c1. The zero-order valence-electron chi connectivity index (χ0n) is 18.5. The molecule has 0 saturated carbocycles. The molecule has 5 rings (SSSR count). The summed E-state index contributed by atoms with van der Waals surface area (Å²) in [5.74, 6) is 1.15. The Morgan fingerprint density at radius 2 is 1.70 bits per heavy atom. The van der Waals surface area contributed by atoms with Crippen molar-refractivity contribution in [3.63, 3.8) is 0 Å². The average molecular weight is 465 g/mol. The maximum Gasteiger partial charge on any atom is 0.254 e. The molecule has 1 atom stereocenters. The summed E-state index contributed by atoms with van der Waals surface area (Å²) < 4.78 is 11.2. The van der Waals surface area contributed by atoms with Gasteiger partial charge in [-0.3, -0.25) is 14.7 Å². The second kappa shape index (κ2) is 8.57. The fourth-order valence-corrected chi connectivity index (χ4v) is 5.14. The first-order valence-corrected chi connectivity index (χ1v) is 11.2. The van der Waals surface area contributed by atoms with Crippen LogP contribution in [-0.4, -0.2) is 56.2 Å². The number of nitrogens with one attached hydrogen (secondary N) is 1. The van der Waals surface area contributed by atoms with Crippen molar-refractivity contribution in [3.8, 4) is 11.5 Å². The molecular weight excluding hydrogens is 440 g/mol. The van der Waals surface area contributed by atoms with Gasteiger partial charge in [-0.25, -0.2) is 0 Å². The number of piperazine rings is 1. The number of carbonyl (C=O) groups is 1. The van der Waals surface area contributed by atoms with Crippen molar-refractivity contribution in [2.45, 2.75) is 5.54 Å². The molecule has 1 N–H and O–H groups in total. The number of hydrogen-bond donors (Lipinski definition) is 1. The van der Waals surface area contributed by atoms with Crippen LogP contribution < -0.4 is 19.7 Å². The van der Waals surface area contributed by atoms with Gasteiger partial charge < -0.3 is 19.7 Å². The third kappa shape index (κ3) is 3.48. The number of hydrogen-bond acceptors (Lipinski definition) is 6. The molecule has 2 aliphatic rings. The van der Waals surface area contributed by atoms with E-state index in [9.17, 15) is 4.79 Å². The highest BCUT2D eigenvalue weighted by atomic mass is 35.5. The molecule has 0 radical (unpaired) electrons. The summed E-state index contributed by atoms with van der Waals surface area (Å²) in [4.78, 5) is 22.5. The lowest BCUT2D eigenvalue weighted by Crippen LogP contribution is -2.59. The maximum absolute atomic E-state index is 13.8. The van der Waals surface area contributed by atoms with Crippen LogP contribution in [0.25, 0.3) is 0 Å². The molecule has 7 nitrogen and oxygen atoms in total. The molecule has 3 heterocycles. The van der Waals surface area contributed by atoms with Gasteiger partial charge in [0.25, 0.3) is 5.91 Å². The summed E-state index contributed by atoms with van der Waals surface area (Å²) in [6.45, 7) is 2.90. The number of methoxy groups -OCH3 is 2. The van der Waals surface area contributed by atoms with E-state index in [1.807, 2.05) is 42.5 Å². The summed E-state index contributed by atoms with van der Waals surface area (Å²) in [7, 11) is 3.22. The fraction of sp³-hybridized carbons (Fsp3) is 0.280. The van der Waals surface area contributed by atoms with Crippen LogP contribution in [0.4, 0.5) is 11.4 Å². The number of halogens is 1. The van der Waals surface area contributed by atoms with Crippen LogP contribution >= 0.6 is 11.6 Å². The standard InChI is InChI=1S/C25H25ClN4O3/c1-32-19-4-5-20(23(16-19)33-2)25(21-15-17(26)3-6-22(21)28-24(25)31)30-13-11-29(12-14-30)18-7-9-27-10-8-18/h3-10,15-16H,11-14H2,1-2H3,(H,28,31). The molecule has 1 fully saturated rings. The first-order chi connectivity index (χ1) is 16.1. The van der Waals surface area contributed by atoms with Crippen molar-refractivity contribution in [2.24, 2.45) is 0 Å². The molecule has 1 aromatic heterocycles. The van der Waals surface area contributed by atoms with Gasteiger partial charge in [0, 0.05) is 72.2 Å². The molecule has 1 unspecified atom stereocenters. The number of nitrogens with zero attached hydrogens (tertiary/aromatic N) is 3. The fourth-order valence-electron chi connectivity index (χ4n) is 4.96. The van der Waals surface area contributed by atoms with Crippen LogP contribution in [0.1, 0.15) is 11.1 Å². The number of anilines is 2. The molecule has 8 heteroatoms. The minimum atomic E-state index is -1.07. The molecule has 2 aliphatic heterocycles. The zero-order valence-corrected chi connectivity index (χ0v) is 19.3. The van der Waals surface area contributed by atoms with Crippen molar-refractivity contribution in [2.75, 3.05) is 50.6 Å². The highest BCUT2D eigenvalue weighted by molar-refractivity contribution is 6.31. The Kier molecular flexibility index (Phi) is 5.60. The summed E-state index contributed by atoms with van der Waals surface area (Å²) in [6, 6.07) is 15.2. The summed E-state index contributed by atoms with van der Waals surface area (Å²) in [6.07, 6.45) is 3.60. The second-order valence-corrected chi connectivity index (χ2v) is 8.54. The third-order valence-corrected chi connectivity index (χ3v) is 6.76. The monoisotopic (exact) mass is 464 g/mol. The third-order valence-electron chi connectivity index (χ3n) is 6.53. The van der Waals surface area contributed by atoms with Gasteiger partial charge in [0.15, 0.2) is 5.54 Å². The van der Waals surface area contributed by atoms with E-state index in [2.05, 4.69) is 20.1 Å². The van der Waals surface area contributed by atoms with Gasteiger partial charge in [-0.15, -0.1) is 0 Å². The lowest BCUT2D eigenvalue weighted by molar-refractivity contribution is -0.125. The number of aromatic nitrogens is 1. The van der Waals surface area contributed by atoms with Crippen LogP contribution in [0, 0.1) is 0 Å². The van der Waals surface area contributed by atoms with E-state index < -0.39 is 5.54 Å². The van der Waals surface area contributed by atoms with Crippen LogP contribution in [0.2, 0.25) is 5.02 Å². The molecule has 0 bridgehead atoms. The first kappa shape index (κ1) is 21.6. The molecule has 1 amide bonds. The Morgan fingerprint density at radius 3 is 2.39 bits per heavy atom. The predicted molar refractivity (Wildman–Crippen MR) is 128 cm³/mol. The van der Waals surface area contributed by atoms with Crippen molar-refractivity contribution < 1.29 is 14.3 Å². The summed E-state index contributed by atoms with van der Waals surface area (Å²) in [5, 5.41) is 3.67. The quantitative estimate of drug-likeness (QED) is 0.620. The van der Waals surface area contributed by atoms with Gasteiger partial charge >= 0.3 is 0 Å². The molecule has 0 aliphatic carbocycles. The largest absolute Gasteiger partial charge is 0.497 e. The second-order valence-electron chi connectivity index (χ2n) is 8.10. The Bertz CT molecular complexity index is 1180. The average Bonchev–Trinajstić information content (AvgIpc) is 3.15. The van der Waals surface area contributed by atoms with Crippen molar-refractivity contribution >= 4 is 28.9 Å². The molecular formula is C25H25ClN4O3. The first-order valence-electron chi connectivity index (χ1n) is 10.8. The highest BCUT2D eigenvalue weighted by Gasteiger charge is 2.54. The smallest absolute Gasteiger partial charge is 0.254 e. The van der Waals surface area contributed by atoms with E-state index in [-0.39, 0.29) is 5.91 Å². The van der Waals surface area contributed by atoms with Gasteiger partial charge in [0.05, 0.1) is 14.2 Å². The number of benzene rings is 2. The van der Waals surface area contributed by atoms with Crippen LogP contribution in [0.3, 0.4) is 0 Å². The molecule has 0 spiro atoms. The summed E-state index contributed by atoms with van der Waals surface area (Å²) >= 11 is 6.43. The van der Waals surface area contributed by atoms with Crippen molar-refractivity contribution in [1.82, 2.24) is 9.88 Å². The normalized spacial score (nSPS) is 20.3. The Balaban J connectivity index is 1.62. The van der Waals surface area contributed by atoms with E-state index in [0.29, 0.717) is 29.6 Å². The zero-order chi connectivity index (χ0) is 23.0. The molecule has 3 aromatic rings. The lowest BCUT2D eigenvalue weighted by atomic mass is 9.81. The molecule has 1 saturated heterocycles. The van der Waals surface area contributed by atoms with Gasteiger partial charge in [-0.1, -0.05) is 11.6 Å². The number of pyridine rings is 1. The lowest BCUT2D eigenvalue weighted by Gasteiger charge is -2.45. The van der Waals surface area contributed by atoms with Gasteiger partial charge in [0.2, 0.25) is 0 Å². The van der Waals surface area contributed by atoms with E-state index in [0.717, 1.165) is 35.6 Å². The van der Waals surface area contributed by atoms with Crippen molar-refractivity contribution in [3.05, 3.63) is 77.1 Å². The predicted octanol–water partition coefficient (Wildman–Crippen LogP) is 3.77. The Labute approximate surface area is 197 Å². The van der Waals surface area contributed by atoms with Crippen LogP contribution in [0.5, 0.6) is 11.5 Å². The van der Waals surface area contributed by atoms with E-state index in [4.69, 9.17) is 21.1 Å². The van der Waals surface area contributed by atoms with Crippen LogP contribution in [-0.2, 0) is 10.3 Å². The Morgan fingerprint density at radius 1 is 0.939 bits per heavy atom. The van der Waals surface area contributed by atoms with Crippen molar-refractivity contribution in [1.29, 1.82) is 0 Å². The minimum absolute atomic E-state index is 0.111. The summed E-state index contributed by atoms with van der Waals surface area (Å²) in [5.41, 5.74) is 2.42.